The first-order chi connectivity index (χ1) is 26.5. The molecule has 0 spiro atoms. The smallest absolute Gasteiger partial charge is 0.276 e. The lowest BCUT2D eigenvalue weighted by Gasteiger charge is -2.47. The van der Waals surface area contributed by atoms with Crippen molar-refractivity contribution in [1.29, 1.82) is 0 Å². The number of nitrogens with one attached hydrogen (secondary N) is 1. The highest BCUT2D eigenvalue weighted by Crippen LogP contribution is 2.38. The zero-order valence-corrected chi connectivity index (χ0v) is 34.3. The summed E-state index contributed by atoms with van der Waals surface area (Å²) in [5, 5.41) is 4.12. The molecule has 1 heterocycles. The molecule has 1 fully saturated rings. The predicted octanol–water partition coefficient (Wildman–Crippen LogP) is 7.44. The first-order valence-electron chi connectivity index (χ1n) is 18.9. The van der Waals surface area contributed by atoms with Crippen LogP contribution in [0.4, 0.5) is 0 Å². The molecule has 1 aliphatic heterocycles. The van der Waals surface area contributed by atoms with E-state index >= 15 is 0 Å². The molecule has 11 nitrogen and oxygen atoms in total. The van der Waals surface area contributed by atoms with E-state index in [1.165, 1.54) is 0 Å². The SMILES string of the molecule is CC[C@@H]1[C@@H](OCc2ccccc2)[C@@H](OCc2ccccc2)[C@@H](OC)O[C@@H]1C[C@@H](OCOC)[C@H](C)[C@H](OC)[C@@H](C)/C=C/C(C)=N/NS(=O)(=O)c1ccc(C)cc1. The van der Waals surface area contributed by atoms with E-state index in [0.29, 0.717) is 25.3 Å². The molecule has 55 heavy (non-hydrogen) atoms. The molecular formula is C43H60N2O9S. The van der Waals surface area contributed by atoms with E-state index < -0.39 is 22.4 Å². The Labute approximate surface area is 328 Å². The molecule has 1 N–H and O–H groups in total. The average Bonchev–Trinajstić information content (AvgIpc) is 3.20. The van der Waals surface area contributed by atoms with Gasteiger partial charge in [-0.05, 0) is 49.6 Å². The van der Waals surface area contributed by atoms with Crippen LogP contribution in [-0.2, 0) is 56.4 Å². The van der Waals surface area contributed by atoms with Crippen molar-refractivity contribution < 1.29 is 41.6 Å². The number of hydrogen-bond donors (Lipinski definition) is 1. The standard InChI is InChI=1S/C43H60N2O9S/c1-9-37-39(54-43(50-8)42(52-28-35-18-14-11-15-19-35)41(37)51-27-34-16-12-10-13-17-34)26-38(53-29-48-6)33(5)40(49-7)31(3)22-23-32(4)44-45-55(46,47)36-24-20-30(2)21-25-36/h10-25,31,33,37-43,45H,9,26-29H2,1-8H3/b23-22+,44-32+/t31-,33-,37-,38+,39+,40+,41+,42+,43-/m0/s1. The summed E-state index contributed by atoms with van der Waals surface area (Å²) in [5.41, 5.74) is 3.59. The summed E-state index contributed by atoms with van der Waals surface area (Å²) in [4.78, 5) is 2.48. The van der Waals surface area contributed by atoms with E-state index in [0.717, 1.165) is 23.1 Å². The summed E-state index contributed by atoms with van der Waals surface area (Å²) in [6, 6.07) is 26.8. The fraction of sp³-hybridized carbons (Fsp3) is 0.512. The van der Waals surface area contributed by atoms with Crippen molar-refractivity contribution in [2.24, 2.45) is 22.9 Å². The number of benzene rings is 3. The highest BCUT2D eigenvalue weighted by molar-refractivity contribution is 7.89. The summed E-state index contributed by atoms with van der Waals surface area (Å²) >= 11 is 0. The summed E-state index contributed by atoms with van der Waals surface area (Å²) in [6.45, 7) is 10.8. The van der Waals surface area contributed by atoms with Gasteiger partial charge in [-0.15, -0.1) is 0 Å². The molecule has 1 saturated heterocycles. The minimum absolute atomic E-state index is 0.0439. The Bertz CT molecular complexity index is 1710. The fourth-order valence-electron chi connectivity index (χ4n) is 7.08. The summed E-state index contributed by atoms with van der Waals surface area (Å²) < 4.78 is 69.4. The fourth-order valence-corrected chi connectivity index (χ4v) is 7.94. The van der Waals surface area contributed by atoms with Crippen LogP contribution in [-0.4, -0.2) is 79.1 Å². The van der Waals surface area contributed by atoms with Crippen molar-refractivity contribution in [2.75, 3.05) is 28.1 Å². The van der Waals surface area contributed by atoms with Crippen LogP contribution < -0.4 is 4.83 Å². The van der Waals surface area contributed by atoms with Crippen molar-refractivity contribution in [3.8, 4) is 0 Å². The van der Waals surface area contributed by atoms with Crippen LogP contribution in [0.2, 0.25) is 0 Å². The van der Waals surface area contributed by atoms with Gasteiger partial charge >= 0.3 is 0 Å². The van der Waals surface area contributed by atoms with Gasteiger partial charge in [0.2, 0.25) is 0 Å². The normalized spacial score (nSPS) is 23.0. The maximum Gasteiger partial charge on any atom is 0.276 e. The van der Waals surface area contributed by atoms with E-state index in [2.05, 4.69) is 35.9 Å². The highest BCUT2D eigenvalue weighted by Gasteiger charge is 2.48. The second-order valence-corrected chi connectivity index (χ2v) is 15.8. The Morgan fingerprint density at radius 1 is 0.891 bits per heavy atom. The van der Waals surface area contributed by atoms with Crippen LogP contribution in [0.25, 0.3) is 0 Å². The largest absolute Gasteiger partial charge is 0.380 e. The van der Waals surface area contributed by atoms with Crippen LogP contribution in [0.15, 0.2) is 107 Å². The van der Waals surface area contributed by atoms with Crippen LogP contribution in [0.5, 0.6) is 0 Å². The van der Waals surface area contributed by atoms with Gasteiger partial charge in [0.05, 0.1) is 48.2 Å². The lowest BCUT2D eigenvalue weighted by Crippen LogP contribution is -2.57. The molecule has 0 aromatic heterocycles. The lowest BCUT2D eigenvalue weighted by molar-refractivity contribution is -0.305. The average molecular weight is 781 g/mol. The van der Waals surface area contributed by atoms with E-state index in [4.69, 9.17) is 33.2 Å². The summed E-state index contributed by atoms with van der Waals surface area (Å²) in [6.07, 6.45) is 2.67. The number of hydrazone groups is 1. The Morgan fingerprint density at radius 3 is 2.04 bits per heavy atom. The molecule has 9 atom stereocenters. The molecule has 4 rings (SSSR count). The topological polar surface area (TPSA) is 123 Å². The van der Waals surface area contributed by atoms with Crippen molar-refractivity contribution in [2.45, 2.75) is 102 Å². The van der Waals surface area contributed by atoms with Crippen LogP contribution in [0.3, 0.4) is 0 Å². The van der Waals surface area contributed by atoms with Crippen molar-refractivity contribution >= 4 is 15.7 Å². The second kappa shape index (κ2) is 22.3. The van der Waals surface area contributed by atoms with E-state index in [1.54, 1.807) is 58.6 Å². The quantitative estimate of drug-likeness (QED) is 0.0630. The van der Waals surface area contributed by atoms with Crippen LogP contribution >= 0.6 is 0 Å². The molecule has 1 aliphatic rings. The molecule has 3 aromatic carbocycles. The molecule has 0 bridgehead atoms. The maximum absolute atomic E-state index is 12.8. The van der Waals surface area contributed by atoms with Crippen molar-refractivity contribution in [3.63, 3.8) is 0 Å². The first kappa shape index (κ1) is 44.3. The molecule has 0 saturated carbocycles. The molecule has 0 amide bonds. The maximum atomic E-state index is 12.8. The van der Waals surface area contributed by atoms with Gasteiger partial charge in [-0.25, -0.2) is 0 Å². The van der Waals surface area contributed by atoms with Gasteiger partial charge < -0.3 is 33.2 Å². The second-order valence-electron chi connectivity index (χ2n) is 14.2. The Hall–Kier alpha value is -3.46. The van der Waals surface area contributed by atoms with Crippen LogP contribution in [0, 0.1) is 24.7 Å². The number of hydrogen-bond acceptors (Lipinski definition) is 10. The number of ether oxygens (including phenoxy) is 7. The van der Waals surface area contributed by atoms with Gasteiger partial charge in [0.1, 0.15) is 12.9 Å². The first-order valence-corrected chi connectivity index (χ1v) is 20.4. The molecule has 12 heteroatoms. The van der Waals surface area contributed by atoms with Crippen LogP contribution in [0.1, 0.15) is 57.2 Å². The van der Waals surface area contributed by atoms with Gasteiger partial charge in [-0.3, -0.25) is 0 Å². The number of nitrogens with zero attached hydrogens (tertiary/aromatic N) is 1. The molecule has 302 valence electrons. The zero-order chi connectivity index (χ0) is 39.8. The van der Waals surface area contributed by atoms with Gasteiger partial charge in [0.15, 0.2) is 6.29 Å². The lowest BCUT2D eigenvalue weighted by atomic mass is 9.80. The third kappa shape index (κ3) is 13.0. The summed E-state index contributed by atoms with van der Waals surface area (Å²) in [7, 11) is 1.13. The molecule has 0 unspecified atom stereocenters. The third-order valence-electron chi connectivity index (χ3n) is 10.1. The van der Waals surface area contributed by atoms with Gasteiger partial charge in [-0.2, -0.15) is 18.4 Å². The van der Waals surface area contributed by atoms with E-state index in [-0.39, 0.29) is 53.9 Å². The summed E-state index contributed by atoms with van der Waals surface area (Å²) in [5.74, 6) is -0.251. The van der Waals surface area contributed by atoms with Crippen molar-refractivity contribution in [1.82, 2.24) is 4.83 Å². The zero-order valence-electron chi connectivity index (χ0n) is 33.5. The number of aryl methyl sites for hydroxylation is 1. The van der Waals surface area contributed by atoms with E-state index in [1.807, 2.05) is 68.5 Å². The molecule has 0 aliphatic carbocycles. The minimum atomic E-state index is -3.80. The number of allylic oxidation sites excluding steroid dienone is 1. The number of sulfonamides is 1. The molecule has 3 aromatic rings. The van der Waals surface area contributed by atoms with Gasteiger partial charge in [0, 0.05) is 45.5 Å². The highest BCUT2D eigenvalue weighted by atomic mass is 32.2. The number of rotatable bonds is 22. The van der Waals surface area contributed by atoms with Gasteiger partial charge in [0.25, 0.3) is 10.0 Å². The van der Waals surface area contributed by atoms with E-state index in [9.17, 15) is 8.42 Å². The van der Waals surface area contributed by atoms with Gasteiger partial charge in [-0.1, -0.05) is 105 Å². The Kier molecular flexibility index (Phi) is 18.0. The van der Waals surface area contributed by atoms with Crippen molar-refractivity contribution in [3.05, 3.63) is 114 Å². The third-order valence-corrected chi connectivity index (χ3v) is 11.4. The number of methoxy groups -OCH3 is 3. The Morgan fingerprint density at radius 2 is 1.49 bits per heavy atom. The molecule has 0 radical (unpaired) electrons. The Balaban J connectivity index is 1.52. The molecular weight excluding hydrogens is 721 g/mol. The monoisotopic (exact) mass is 780 g/mol. The predicted molar refractivity (Wildman–Crippen MR) is 214 cm³/mol. The minimum Gasteiger partial charge on any atom is -0.380 e.